The van der Waals surface area contributed by atoms with E-state index in [1.54, 1.807) is 13.8 Å². The van der Waals surface area contributed by atoms with Gasteiger partial charge in [0.2, 0.25) is 0 Å². The quantitative estimate of drug-likeness (QED) is 0.649. The van der Waals surface area contributed by atoms with E-state index in [0.717, 1.165) is 0 Å². The molecular formula is C8H17FO. The first-order valence-electron chi connectivity index (χ1n) is 3.79. The van der Waals surface area contributed by atoms with Gasteiger partial charge in [0, 0.05) is 0 Å². The van der Waals surface area contributed by atoms with Crippen LogP contribution in [0, 0.1) is 11.8 Å². The predicted octanol–water partition coefficient (Wildman–Crippen LogP) is 2.00. The zero-order valence-electron chi connectivity index (χ0n) is 7.13. The molecule has 0 radical (unpaired) electrons. The molecule has 0 aromatic carbocycles. The van der Waals surface area contributed by atoms with Crippen molar-refractivity contribution in [3.05, 3.63) is 0 Å². The zero-order valence-corrected chi connectivity index (χ0v) is 7.13. The first kappa shape index (κ1) is 9.89. The molecule has 0 rings (SSSR count). The van der Waals surface area contributed by atoms with Crippen LogP contribution in [0.4, 0.5) is 4.39 Å². The SMILES string of the molecule is CC(C)[C@@H](O)[C@@H](F)C(C)C. The number of hydrogen-bond acceptors (Lipinski definition) is 1. The lowest BCUT2D eigenvalue weighted by Crippen LogP contribution is -2.31. The molecule has 62 valence electrons. The summed E-state index contributed by atoms with van der Waals surface area (Å²) < 4.78 is 12.9. The summed E-state index contributed by atoms with van der Waals surface area (Å²) in [5.74, 6) is -0.0743. The summed E-state index contributed by atoms with van der Waals surface area (Å²) in [6, 6.07) is 0. The summed E-state index contributed by atoms with van der Waals surface area (Å²) in [5.41, 5.74) is 0. The average Bonchev–Trinajstić information content (AvgIpc) is 1.84. The van der Waals surface area contributed by atoms with E-state index < -0.39 is 12.3 Å². The second kappa shape index (κ2) is 3.91. The molecule has 0 saturated carbocycles. The van der Waals surface area contributed by atoms with Gasteiger partial charge in [0.05, 0.1) is 6.10 Å². The lowest BCUT2D eigenvalue weighted by atomic mass is 9.95. The van der Waals surface area contributed by atoms with Gasteiger partial charge in [0.1, 0.15) is 6.17 Å². The van der Waals surface area contributed by atoms with Crippen LogP contribution in [0.15, 0.2) is 0 Å². The maximum absolute atomic E-state index is 12.9. The topological polar surface area (TPSA) is 20.2 Å². The van der Waals surface area contributed by atoms with Gasteiger partial charge in [-0.25, -0.2) is 4.39 Å². The van der Waals surface area contributed by atoms with E-state index in [1.807, 2.05) is 13.8 Å². The van der Waals surface area contributed by atoms with Gasteiger partial charge in [-0.1, -0.05) is 27.7 Å². The molecule has 1 N–H and O–H groups in total. The molecule has 0 fully saturated rings. The minimum absolute atomic E-state index is 0.0115. The molecule has 1 nitrogen and oxygen atoms in total. The Morgan fingerprint density at radius 1 is 1.00 bits per heavy atom. The van der Waals surface area contributed by atoms with E-state index in [2.05, 4.69) is 0 Å². The Hall–Kier alpha value is -0.110. The molecule has 0 heterocycles. The Labute approximate surface area is 62.3 Å². The standard InChI is InChI=1S/C8H17FO/c1-5(2)7(9)8(10)6(3)4/h5-8,10H,1-4H3/t7-,8+/m0/s1. The monoisotopic (exact) mass is 148 g/mol. The van der Waals surface area contributed by atoms with E-state index in [4.69, 9.17) is 0 Å². The van der Waals surface area contributed by atoms with Crippen LogP contribution in [0.2, 0.25) is 0 Å². The van der Waals surface area contributed by atoms with E-state index in [0.29, 0.717) is 0 Å². The lowest BCUT2D eigenvalue weighted by Gasteiger charge is -2.21. The Balaban J connectivity index is 3.81. The van der Waals surface area contributed by atoms with Gasteiger partial charge in [0.15, 0.2) is 0 Å². The molecule has 0 aliphatic rings. The Kier molecular flexibility index (Phi) is 3.87. The van der Waals surface area contributed by atoms with Crippen molar-refractivity contribution in [1.29, 1.82) is 0 Å². The molecule has 0 saturated heterocycles. The van der Waals surface area contributed by atoms with E-state index in [9.17, 15) is 9.50 Å². The second-order valence-electron chi connectivity index (χ2n) is 3.42. The van der Waals surface area contributed by atoms with Crippen molar-refractivity contribution in [2.75, 3.05) is 0 Å². The fourth-order valence-electron chi connectivity index (χ4n) is 0.762. The van der Waals surface area contributed by atoms with Crippen molar-refractivity contribution in [2.45, 2.75) is 40.0 Å². The first-order valence-corrected chi connectivity index (χ1v) is 3.79. The number of aliphatic hydroxyl groups excluding tert-OH is 1. The molecule has 0 aliphatic heterocycles. The fraction of sp³-hybridized carbons (Fsp3) is 1.00. The van der Waals surface area contributed by atoms with Crippen LogP contribution in [0.3, 0.4) is 0 Å². The molecule has 2 atom stereocenters. The van der Waals surface area contributed by atoms with Crippen LogP contribution in [0.25, 0.3) is 0 Å². The molecule has 0 aromatic heterocycles. The number of hydrogen-bond donors (Lipinski definition) is 1. The van der Waals surface area contributed by atoms with Crippen molar-refractivity contribution in [3.63, 3.8) is 0 Å². The maximum atomic E-state index is 12.9. The van der Waals surface area contributed by atoms with Crippen LogP contribution in [-0.4, -0.2) is 17.4 Å². The fourth-order valence-corrected chi connectivity index (χ4v) is 0.762. The molecular weight excluding hydrogens is 131 g/mol. The molecule has 0 unspecified atom stereocenters. The number of rotatable bonds is 3. The van der Waals surface area contributed by atoms with E-state index in [-0.39, 0.29) is 11.8 Å². The largest absolute Gasteiger partial charge is 0.390 e. The molecule has 10 heavy (non-hydrogen) atoms. The summed E-state index contributed by atoms with van der Waals surface area (Å²) in [6.07, 6.45) is -1.89. The van der Waals surface area contributed by atoms with Gasteiger partial charge < -0.3 is 5.11 Å². The molecule has 0 spiro atoms. The second-order valence-corrected chi connectivity index (χ2v) is 3.42. The Bertz CT molecular complexity index is 79.3. The third-order valence-electron chi connectivity index (χ3n) is 1.65. The highest BCUT2D eigenvalue weighted by molar-refractivity contribution is 4.72. The first-order chi connectivity index (χ1) is 4.46. The van der Waals surface area contributed by atoms with Crippen molar-refractivity contribution >= 4 is 0 Å². The van der Waals surface area contributed by atoms with Crippen LogP contribution < -0.4 is 0 Å². The van der Waals surface area contributed by atoms with Gasteiger partial charge in [-0.15, -0.1) is 0 Å². The molecule has 2 heteroatoms. The minimum Gasteiger partial charge on any atom is -0.390 e. The number of alkyl halides is 1. The van der Waals surface area contributed by atoms with Crippen LogP contribution in [-0.2, 0) is 0 Å². The highest BCUT2D eigenvalue weighted by Gasteiger charge is 2.23. The van der Waals surface area contributed by atoms with Crippen molar-refractivity contribution < 1.29 is 9.50 Å². The van der Waals surface area contributed by atoms with Gasteiger partial charge >= 0.3 is 0 Å². The minimum atomic E-state index is -1.08. The summed E-state index contributed by atoms with van der Waals surface area (Å²) in [6.45, 7) is 7.19. The van der Waals surface area contributed by atoms with Crippen molar-refractivity contribution in [1.82, 2.24) is 0 Å². The maximum Gasteiger partial charge on any atom is 0.128 e. The summed E-state index contributed by atoms with van der Waals surface area (Å²) in [4.78, 5) is 0. The predicted molar refractivity (Wildman–Crippen MR) is 40.6 cm³/mol. The van der Waals surface area contributed by atoms with Gasteiger partial charge in [-0.2, -0.15) is 0 Å². The summed E-state index contributed by atoms with van der Waals surface area (Å²) >= 11 is 0. The normalized spacial score (nSPS) is 18.0. The van der Waals surface area contributed by atoms with Gasteiger partial charge in [0.25, 0.3) is 0 Å². The lowest BCUT2D eigenvalue weighted by molar-refractivity contribution is 0.0188. The smallest absolute Gasteiger partial charge is 0.128 e. The highest BCUT2D eigenvalue weighted by Crippen LogP contribution is 2.16. The van der Waals surface area contributed by atoms with E-state index >= 15 is 0 Å². The number of aliphatic hydroxyl groups is 1. The average molecular weight is 148 g/mol. The third-order valence-corrected chi connectivity index (χ3v) is 1.65. The highest BCUT2D eigenvalue weighted by atomic mass is 19.1. The summed E-state index contributed by atoms with van der Waals surface area (Å²) in [7, 11) is 0. The molecule has 0 aromatic rings. The zero-order chi connectivity index (χ0) is 8.31. The van der Waals surface area contributed by atoms with Gasteiger partial charge in [-0.05, 0) is 11.8 Å². The summed E-state index contributed by atoms with van der Waals surface area (Å²) in [5, 5.41) is 9.19. The molecule has 0 amide bonds. The Morgan fingerprint density at radius 2 is 1.40 bits per heavy atom. The van der Waals surface area contributed by atoms with Gasteiger partial charge in [-0.3, -0.25) is 0 Å². The number of halogens is 1. The Morgan fingerprint density at radius 3 is 1.50 bits per heavy atom. The molecule has 0 aliphatic carbocycles. The third kappa shape index (κ3) is 2.65. The van der Waals surface area contributed by atoms with Crippen molar-refractivity contribution in [3.8, 4) is 0 Å². The van der Waals surface area contributed by atoms with Crippen molar-refractivity contribution in [2.24, 2.45) is 11.8 Å². The van der Waals surface area contributed by atoms with Crippen LogP contribution in [0.5, 0.6) is 0 Å². The molecule has 0 bridgehead atoms. The van der Waals surface area contributed by atoms with Crippen LogP contribution in [0.1, 0.15) is 27.7 Å². The van der Waals surface area contributed by atoms with Crippen LogP contribution >= 0.6 is 0 Å². The van der Waals surface area contributed by atoms with E-state index in [1.165, 1.54) is 0 Å².